The van der Waals surface area contributed by atoms with Crippen LogP contribution < -0.4 is 5.32 Å². The van der Waals surface area contributed by atoms with E-state index >= 15 is 0 Å². The van der Waals surface area contributed by atoms with Crippen LogP contribution in [0.3, 0.4) is 0 Å². The second kappa shape index (κ2) is 7.69. The Morgan fingerprint density at radius 3 is 2.57 bits per heavy atom. The number of nitrogens with one attached hydrogen (secondary N) is 1. The number of sulfonamides is 1. The highest BCUT2D eigenvalue weighted by Gasteiger charge is 2.28. The van der Waals surface area contributed by atoms with Crippen molar-refractivity contribution in [2.24, 2.45) is 0 Å². The van der Waals surface area contributed by atoms with E-state index in [0.29, 0.717) is 18.0 Å². The van der Waals surface area contributed by atoms with Gasteiger partial charge >= 0.3 is 0 Å². The third-order valence-corrected chi connectivity index (χ3v) is 6.73. The van der Waals surface area contributed by atoms with Crippen LogP contribution >= 0.6 is 11.3 Å². The molecule has 2 rings (SSSR count). The average Bonchev–Trinajstić information content (AvgIpc) is 2.97. The Bertz CT molecular complexity index is 534. The fourth-order valence-corrected chi connectivity index (χ4v) is 5.07. The Kier molecular flexibility index (Phi) is 6.19. The molecule has 1 N–H and O–H groups in total. The Morgan fingerprint density at radius 2 is 1.95 bits per heavy atom. The number of hydrogen-bond donors (Lipinski definition) is 1. The highest BCUT2D eigenvalue weighted by Crippen LogP contribution is 2.23. The number of likely N-dealkylation sites (N-methyl/N-ethyl adjacent to an activating group) is 1. The van der Waals surface area contributed by atoms with Crippen LogP contribution in [0.1, 0.15) is 25.1 Å². The molecular weight excluding hydrogens is 306 g/mol. The Labute approximate surface area is 132 Å². The van der Waals surface area contributed by atoms with Gasteiger partial charge in [-0.25, -0.2) is 8.42 Å². The summed E-state index contributed by atoms with van der Waals surface area (Å²) in [4.78, 5) is 3.81. The summed E-state index contributed by atoms with van der Waals surface area (Å²) in [6.07, 6.45) is 1.08. The van der Waals surface area contributed by atoms with Gasteiger partial charge in [-0.05, 0) is 25.6 Å². The summed E-state index contributed by atoms with van der Waals surface area (Å²) in [7, 11) is -3.31. The van der Waals surface area contributed by atoms with Gasteiger partial charge in [-0.15, -0.1) is 11.3 Å². The summed E-state index contributed by atoms with van der Waals surface area (Å²) in [5.41, 5.74) is 0. The van der Waals surface area contributed by atoms with Gasteiger partial charge in [-0.2, -0.15) is 4.31 Å². The molecule has 7 heteroatoms. The Balaban J connectivity index is 1.99. The molecule has 1 saturated heterocycles. The molecule has 0 spiro atoms. The summed E-state index contributed by atoms with van der Waals surface area (Å²) in [6.45, 7) is 9.75. The number of hydrogen-bond acceptors (Lipinski definition) is 5. The summed E-state index contributed by atoms with van der Waals surface area (Å²) in [6, 6.07) is 1.81. The quantitative estimate of drug-likeness (QED) is 0.771. The summed E-state index contributed by atoms with van der Waals surface area (Å²) in [5.74, 6) is 0. The van der Waals surface area contributed by atoms with Gasteiger partial charge in [0, 0.05) is 43.0 Å². The van der Waals surface area contributed by atoms with Crippen molar-refractivity contribution in [3.8, 4) is 0 Å². The van der Waals surface area contributed by atoms with Gasteiger partial charge in [0.15, 0.2) is 0 Å². The molecule has 2 heterocycles. The molecular formula is C14H25N3O2S2. The van der Waals surface area contributed by atoms with Gasteiger partial charge in [0.2, 0.25) is 10.0 Å². The third-order valence-electron chi connectivity index (χ3n) is 3.77. The van der Waals surface area contributed by atoms with Crippen molar-refractivity contribution in [1.82, 2.24) is 14.5 Å². The summed E-state index contributed by atoms with van der Waals surface area (Å²) >= 11 is 1.52. The minimum Gasteiger partial charge on any atom is -0.312 e. The van der Waals surface area contributed by atoms with Crippen LogP contribution in [-0.4, -0.2) is 56.9 Å². The molecule has 0 aromatic carbocycles. The van der Waals surface area contributed by atoms with Gasteiger partial charge in [0.05, 0.1) is 4.90 Å². The maximum Gasteiger partial charge on any atom is 0.243 e. The Hall–Kier alpha value is -0.470. The van der Waals surface area contributed by atoms with Crippen LogP contribution in [0.15, 0.2) is 16.3 Å². The first kappa shape index (κ1) is 16.9. The zero-order chi connectivity index (χ0) is 15.3. The van der Waals surface area contributed by atoms with E-state index in [-0.39, 0.29) is 0 Å². The number of piperazine rings is 1. The van der Waals surface area contributed by atoms with Crippen molar-refractivity contribution in [2.45, 2.75) is 31.7 Å². The van der Waals surface area contributed by atoms with E-state index in [1.165, 1.54) is 11.3 Å². The van der Waals surface area contributed by atoms with Crippen LogP contribution in [0.2, 0.25) is 0 Å². The average molecular weight is 332 g/mol. The van der Waals surface area contributed by atoms with E-state index in [1.54, 1.807) is 9.69 Å². The maximum atomic E-state index is 12.6. The van der Waals surface area contributed by atoms with Gasteiger partial charge in [-0.1, -0.05) is 13.8 Å². The second-order valence-electron chi connectivity index (χ2n) is 5.26. The number of rotatable bonds is 7. The van der Waals surface area contributed by atoms with Gasteiger partial charge in [0.1, 0.15) is 0 Å². The van der Waals surface area contributed by atoms with Crippen molar-refractivity contribution in [2.75, 3.05) is 39.3 Å². The fourth-order valence-electron chi connectivity index (χ4n) is 2.41. The van der Waals surface area contributed by atoms with Crippen LogP contribution in [0, 0.1) is 0 Å². The molecule has 5 nitrogen and oxygen atoms in total. The molecule has 0 radical (unpaired) electrons. The van der Waals surface area contributed by atoms with Crippen LogP contribution in [0.5, 0.6) is 0 Å². The molecule has 120 valence electrons. The van der Waals surface area contributed by atoms with Crippen molar-refractivity contribution in [1.29, 1.82) is 0 Å². The van der Waals surface area contributed by atoms with Crippen molar-refractivity contribution >= 4 is 21.4 Å². The molecule has 1 aliphatic heterocycles. The minimum absolute atomic E-state index is 0.450. The number of nitrogens with zero attached hydrogens (tertiary/aromatic N) is 2. The van der Waals surface area contributed by atoms with E-state index in [4.69, 9.17) is 0 Å². The molecule has 0 atom stereocenters. The molecule has 0 amide bonds. The molecule has 0 bridgehead atoms. The lowest BCUT2D eigenvalue weighted by Gasteiger charge is -2.32. The molecule has 1 aromatic rings. The number of thiophene rings is 1. The molecule has 21 heavy (non-hydrogen) atoms. The molecule has 0 aliphatic carbocycles. The monoisotopic (exact) mass is 331 g/mol. The molecule has 1 fully saturated rings. The SMILES string of the molecule is CCCNCc1cc(S(=O)(=O)N2CCN(CC)CC2)cs1. The standard InChI is InChI=1S/C14H25N3O2S2/c1-3-5-15-11-13-10-14(12-20-13)21(18,19)17-8-6-16(4-2)7-9-17/h10,12,15H,3-9,11H2,1-2H3. The lowest BCUT2D eigenvalue weighted by molar-refractivity contribution is 0.196. The molecule has 0 unspecified atom stereocenters. The fraction of sp³-hybridized carbons (Fsp3) is 0.714. The lowest BCUT2D eigenvalue weighted by atomic mass is 10.4. The predicted molar refractivity (Wildman–Crippen MR) is 87.2 cm³/mol. The van der Waals surface area contributed by atoms with Crippen LogP contribution in [-0.2, 0) is 16.6 Å². The van der Waals surface area contributed by atoms with Gasteiger partial charge in [-0.3, -0.25) is 0 Å². The van der Waals surface area contributed by atoms with Gasteiger partial charge in [0.25, 0.3) is 0 Å². The predicted octanol–water partition coefficient (Wildman–Crippen LogP) is 1.57. The van der Waals surface area contributed by atoms with E-state index in [0.717, 1.165) is 44.0 Å². The van der Waals surface area contributed by atoms with Crippen molar-refractivity contribution in [3.05, 3.63) is 16.3 Å². The third kappa shape index (κ3) is 4.26. The second-order valence-corrected chi connectivity index (χ2v) is 8.20. The first-order valence-corrected chi connectivity index (χ1v) is 9.90. The summed E-state index contributed by atoms with van der Waals surface area (Å²) < 4.78 is 26.9. The lowest BCUT2D eigenvalue weighted by Crippen LogP contribution is -2.48. The zero-order valence-electron chi connectivity index (χ0n) is 12.8. The summed E-state index contributed by atoms with van der Waals surface area (Å²) in [5, 5.41) is 5.07. The molecule has 0 saturated carbocycles. The van der Waals surface area contributed by atoms with Gasteiger partial charge < -0.3 is 10.2 Å². The topological polar surface area (TPSA) is 52.7 Å². The van der Waals surface area contributed by atoms with E-state index in [9.17, 15) is 8.42 Å². The van der Waals surface area contributed by atoms with Crippen LogP contribution in [0.4, 0.5) is 0 Å². The van der Waals surface area contributed by atoms with Crippen LogP contribution in [0.25, 0.3) is 0 Å². The van der Waals surface area contributed by atoms with Crippen molar-refractivity contribution in [3.63, 3.8) is 0 Å². The Morgan fingerprint density at radius 1 is 1.24 bits per heavy atom. The maximum absolute atomic E-state index is 12.6. The normalized spacial score (nSPS) is 18.2. The highest BCUT2D eigenvalue weighted by molar-refractivity contribution is 7.89. The van der Waals surface area contributed by atoms with Crippen molar-refractivity contribution < 1.29 is 8.42 Å². The minimum atomic E-state index is -3.31. The highest BCUT2D eigenvalue weighted by atomic mass is 32.2. The van der Waals surface area contributed by atoms with E-state index in [2.05, 4.69) is 24.1 Å². The van der Waals surface area contributed by atoms with E-state index < -0.39 is 10.0 Å². The molecule has 1 aliphatic rings. The largest absolute Gasteiger partial charge is 0.312 e. The molecule has 1 aromatic heterocycles. The first-order valence-electron chi connectivity index (χ1n) is 7.58. The first-order chi connectivity index (χ1) is 10.1. The zero-order valence-corrected chi connectivity index (χ0v) is 14.5. The smallest absolute Gasteiger partial charge is 0.243 e. The van der Waals surface area contributed by atoms with E-state index in [1.807, 2.05) is 6.07 Å².